The van der Waals surface area contributed by atoms with Crippen molar-refractivity contribution < 1.29 is 4.74 Å². The number of benzene rings is 1. The van der Waals surface area contributed by atoms with Crippen LogP contribution < -0.4 is 10.5 Å². The number of rotatable bonds is 2. The van der Waals surface area contributed by atoms with E-state index in [0.717, 1.165) is 22.4 Å². The predicted molar refractivity (Wildman–Crippen MR) is 85.1 cm³/mol. The van der Waals surface area contributed by atoms with Crippen molar-refractivity contribution in [3.63, 3.8) is 0 Å². The minimum Gasteiger partial charge on any atom is -0.438 e. The third kappa shape index (κ3) is 2.23. The summed E-state index contributed by atoms with van der Waals surface area (Å²) in [7, 11) is 0. The summed E-state index contributed by atoms with van der Waals surface area (Å²) in [4.78, 5) is 10.6. The number of hydrogen-bond donors (Lipinski definition) is 1. The zero-order valence-electron chi connectivity index (χ0n) is 11.7. The van der Waals surface area contributed by atoms with Crippen molar-refractivity contribution in [2.24, 2.45) is 0 Å². The van der Waals surface area contributed by atoms with Crippen molar-refractivity contribution in [1.29, 1.82) is 0 Å². The molecule has 0 unspecified atom stereocenters. The van der Waals surface area contributed by atoms with Crippen LogP contribution in [0.1, 0.15) is 22.4 Å². The minimum absolute atomic E-state index is 0.250. The van der Waals surface area contributed by atoms with Gasteiger partial charge in [0.05, 0.1) is 5.39 Å². The van der Waals surface area contributed by atoms with Gasteiger partial charge in [-0.05, 0) is 55.5 Å². The monoisotopic (exact) mass is 297 g/mol. The van der Waals surface area contributed by atoms with Gasteiger partial charge in [-0.15, -0.1) is 11.3 Å². The fraction of sp³-hybridized carbons (Fsp3) is 0.250. The average molecular weight is 297 g/mol. The molecule has 0 aliphatic heterocycles. The molecule has 0 bridgehead atoms. The first-order chi connectivity index (χ1) is 10.2. The number of nitrogens with zero attached hydrogens (tertiary/aromatic N) is 2. The maximum atomic E-state index is 5.99. The lowest BCUT2D eigenvalue weighted by Crippen LogP contribution is -1.97. The second-order valence-electron chi connectivity index (χ2n) is 5.35. The van der Waals surface area contributed by atoms with Gasteiger partial charge in [0.1, 0.15) is 10.6 Å². The summed E-state index contributed by atoms with van der Waals surface area (Å²) in [6.45, 7) is 2.04. The number of fused-ring (bicyclic) bond motifs is 2. The average Bonchev–Trinajstić information content (AvgIpc) is 3.03. The first kappa shape index (κ1) is 12.6. The highest BCUT2D eigenvalue weighted by atomic mass is 32.1. The summed E-state index contributed by atoms with van der Waals surface area (Å²) in [5, 5.41) is 0.923. The normalized spacial score (nSPS) is 13.6. The molecule has 1 aromatic carbocycles. The molecule has 2 N–H and O–H groups in total. The highest BCUT2D eigenvalue weighted by molar-refractivity contribution is 7.18. The Morgan fingerprint density at radius 2 is 2.00 bits per heavy atom. The fourth-order valence-corrected chi connectivity index (χ4v) is 3.71. The fourth-order valence-electron chi connectivity index (χ4n) is 2.83. The molecule has 0 amide bonds. The topological polar surface area (TPSA) is 61.0 Å². The zero-order valence-corrected chi connectivity index (χ0v) is 12.5. The predicted octanol–water partition coefficient (Wildman–Crippen LogP) is 3.86. The Kier molecular flexibility index (Phi) is 2.82. The second kappa shape index (κ2) is 4.70. The Bertz CT molecular complexity index is 841. The van der Waals surface area contributed by atoms with Crippen molar-refractivity contribution in [2.75, 3.05) is 5.73 Å². The summed E-state index contributed by atoms with van der Waals surface area (Å²) in [5.74, 6) is 1.61. The van der Waals surface area contributed by atoms with Gasteiger partial charge in [0.15, 0.2) is 0 Å². The highest BCUT2D eigenvalue weighted by Gasteiger charge is 2.14. The number of aryl methyl sites for hydroxylation is 3. The second-order valence-corrected chi connectivity index (χ2v) is 6.58. The summed E-state index contributed by atoms with van der Waals surface area (Å²) in [6.07, 6.45) is 3.53. The molecule has 0 saturated heterocycles. The Labute approximate surface area is 126 Å². The van der Waals surface area contributed by atoms with E-state index in [4.69, 9.17) is 10.5 Å². The standard InChI is InChI=1S/C16H15N3OS/c1-9-7-13-14(18-16(17)19-15(13)21-9)20-12-6-5-10-3-2-4-11(10)8-12/h5-8H,2-4H2,1H3,(H2,17,18,19). The maximum Gasteiger partial charge on any atom is 0.232 e. The Hall–Kier alpha value is -2.14. The van der Waals surface area contributed by atoms with Gasteiger partial charge in [0, 0.05) is 4.88 Å². The molecule has 2 heterocycles. The van der Waals surface area contributed by atoms with Crippen molar-refractivity contribution in [3.8, 4) is 11.6 Å². The summed E-state index contributed by atoms with van der Waals surface area (Å²) in [5.41, 5.74) is 8.60. The van der Waals surface area contributed by atoms with E-state index in [1.807, 2.05) is 19.1 Å². The number of hydrogen-bond acceptors (Lipinski definition) is 5. The molecule has 1 aliphatic rings. The van der Waals surface area contributed by atoms with Gasteiger partial charge in [-0.25, -0.2) is 4.98 Å². The Morgan fingerprint density at radius 3 is 2.90 bits per heavy atom. The van der Waals surface area contributed by atoms with Crippen LogP contribution in [0, 0.1) is 6.92 Å². The Morgan fingerprint density at radius 1 is 1.14 bits per heavy atom. The molecule has 3 aromatic rings. The summed E-state index contributed by atoms with van der Waals surface area (Å²) >= 11 is 1.60. The molecule has 0 fully saturated rings. The van der Waals surface area contributed by atoms with E-state index in [1.54, 1.807) is 11.3 Å². The smallest absolute Gasteiger partial charge is 0.232 e. The first-order valence-corrected chi connectivity index (χ1v) is 7.84. The number of anilines is 1. The molecular formula is C16H15N3OS. The molecule has 0 spiro atoms. The molecule has 0 radical (unpaired) electrons. The number of nitrogen functional groups attached to an aromatic ring is 1. The SMILES string of the molecule is Cc1cc2c(Oc3ccc4c(c3)CCC4)nc(N)nc2s1. The van der Waals surface area contributed by atoms with Crippen LogP contribution in [0.15, 0.2) is 24.3 Å². The van der Waals surface area contributed by atoms with Gasteiger partial charge in [0.2, 0.25) is 11.8 Å². The van der Waals surface area contributed by atoms with E-state index >= 15 is 0 Å². The maximum absolute atomic E-state index is 5.99. The van der Waals surface area contributed by atoms with Crippen LogP contribution in [0.3, 0.4) is 0 Å². The number of aromatic nitrogens is 2. The van der Waals surface area contributed by atoms with Crippen LogP contribution in [-0.4, -0.2) is 9.97 Å². The van der Waals surface area contributed by atoms with Gasteiger partial charge >= 0.3 is 0 Å². The lowest BCUT2D eigenvalue weighted by molar-refractivity contribution is 0.469. The van der Waals surface area contributed by atoms with Gasteiger partial charge in [-0.3, -0.25) is 0 Å². The van der Waals surface area contributed by atoms with E-state index in [-0.39, 0.29) is 5.95 Å². The lowest BCUT2D eigenvalue weighted by atomic mass is 10.1. The molecule has 0 saturated carbocycles. The number of nitrogens with two attached hydrogens (primary N) is 1. The third-order valence-electron chi connectivity index (χ3n) is 3.78. The van der Waals surface area contributed by atoms with Crippen LogP contribution in [0.2, 0.25) is 0 Å². The van der Waals surface area contributed by atoms with E-state index < -0.39 is 0 Å². The number of thiophene rings is 1. The van der Waals surface area contributed by atoms with Crippen molar-refractivity contribution >= 4 is 27.5 Å². The van der Waals surface area contributed by atoms with Crippen LogP contribution >= 0.6 is 11.3 Å². The van der Waals surface area contributed by atoms with E-state index in [1.165, 1.54) is 28.8 Å². The molecule has 5 heteroatoms. The summed E-state index contributed by atoms with van der Waals surface area (Å²) < 4.78 is 5.99. The van der Waals surface area contributed by atoms with E-state index in [2.05, 4.69) is 22.1 Å². The first-order valence-electron chi connectivity index (χ1n) is 7.02. The minimum atomic E-state index is 0.250. The third-order valence-corrected chi connectivity index (χ3v) is 4.73. The van der Waals surface area contributed by atoms with Crippen molar-refractivity contribution in [2.45, 2.75) is 26.2 Å². The quantitative estimate of drug-likeness (QED) is 0.780. The van der Waals surface area contributed by atoms with Crippen LogP contribution in [-0.2, 0) is 12.8 Å². The largest absolute Gasteiger partial charge is 0.438 e. The highest BCUT2D eigenvalue weighted by Crippen LogP contribution is 2.34. The molecule has 106 valence electrons. The van der Waals surface area contributed by atoms with Crippen LogP contribution in [0.5, 0.6) is 11.6 Å². The molecule has 21 heavy (non-hydrogen) atoms. The molecule has 4 nitrogen and oxygen atoms in total. The zero-order chi connectivity index (χ0) is 14.4. The molecule has 1 aliphatic carbocycles. The Balaban J connectivity index is 1.77. The van der Waals surface area contributed by atoms with Gasteiger partial charge in [-0.1, -0.05) is 6.07 Å². The molecule has 4 rings (SSSR count). The van der Waals surface area contributed by atoms with Gasteiger partial charge < -0.3 is 10.5 Å². The molecule has 0 atom stereocenters. The van der Waals surface area contributed by atoms with Crippen LogP contribution in [0.4, 0.5) is 5.95 Å². The molecular weight excluding hydrogens is 282 g/mol. The van der Waals surface area contributed by atoms with Gasteiger partial charge in [0.25, 0.3) is 0 Å². The van der Waals surface area contributed by atoms with Crippen molar-refractivity contribution in [1.82, 2.24) is 9.97 Å². The van der Waals surface area contributed by atoms with E-state index in [9.17, 15) is 0 Å². The van der Waals surface area contributed by atoms with Crippen molar-refractivity contribution in [3.05, 3.63) is 40.3 Å². The van der Waals surface area contributed by atoms with Gasteiger partial charge in [-0.2, -0.15) is 4.98 Å². The summed E-state index contributed by atoms with van der Waals surface area (Å²) in [6, 6.07) is 8.32. The number of ether oxygens (including phenoxy) is 1. The van der Waals surface area contributed by atoms with Crippen LogP contribution in [0.25, 0.3) is 10.2 Å². The molecule has 2 aromatic heterocycles. The lowest BCUT2D eigenvalue weighted by Gasteiger charge is -2.08. The van der Waals surface area contributed by atoms with E-state index in [0.29, 0.717) is 5.88 Å².